The van der Waals surface area contributed by atoms with Crippen LogP contribution in [0.1, 0.15) is 51.4 Å². The fourth-order valence-corrected chi connectivity index (χ4v) is 4.50. The van der Waals surface area contributed by atoms with E-state index in [1.807, 2.05) is 34.9 Å². The predicted octanol–water partition coefficient (Wildman–Crippen LogP) is 2.73. The normalized spacial score (nSPS) is 19.6. The van der Waals surface area contributed by atoms with Gasteiger partial charge in [0.05, 0.1) is 25.3 Å². The number of nitrogens with zero attached hydrogens (tertiary/aromatic N) is 4. The van der Waals surface area contributed by atoms with Gasteiger partial charge in [0.2, 0.25) is 0 Å². The molecule has 172 valence electrons. The molecule has 1 aliphatic rings. The molecule has 1 fully saturated rings. The van der Waals surface area contributed by atoms with E-state index in [1.165, 1.54) is 0 Å². The third-order valence-corrected chi connectivity index (χ3v) is 6.11. The number of imidazole rings is 1. The molecule has 3 heterocycles. The molecule has 1 saturated heterocycles. The maximum Gasteiger partial charge on any atom is 0.330 e. The van der Waals surface area contributed by atoms with Crippen molar-refractivity contribution in [1.29, 1.82) is 0 Å². The second kappa shape index (κ2) is 9.83. The van der Waals surface area contributed by atoms with Crippen molar-refractivity contribution >= 4 is 11.2 Å². The Hall–Kier alpha value is -2.71. The zero-order chi connectivity index (χ0) is 22.7. The number of ether oxygens (including phenoxy) is 1. The van der Waals surface area contributed by atoms with Crippen LogP contribution in [0, 0.1) is 0 Å². The molecule has 8 heteroatoms. The number of aromatic nitrogens is 4. The van der Waals surface area contributed by atoms with Crippen molar-refractivity contribution in [3.8, 4) is 0 Å². The fourth-order valence-electron chi connectivity index (χ4n) is 4.50. The van der Waals surface area contributed by atoms with Crippen LogP contribution in [0.15, 0.2) is 39.9 Å². The van der Waals surface area contributed by atoms with Gasteiger partial charge in [-0.25, -0.2) is 9.78 Å². The maximum absolute atomic E-state index is 12.9. The number of rotatable bonds is 8. The van der Waals surface area contributed by atoms with Crippen molar-refractivity contribution in [1.82, 2.24) is 24.0 Å². The summed E-state index contributed by atoms with van der Waals surface area (Å²) in [5, 5.41) is 0. The Kier molecular flexibility index (Phi) is 6.91. The molecule has 0 spiro atoms. The van der Waals surface area contributed by atoms with Crippen LogP contribution in [-0.2, 0) is 24.4 Å². The summed E-state index contributed by atoms with van der Waals surface area (Å²) in [4.78, 5) is 35.4. The number of H-pyrrole nitrogens is 1. The number of aromatic amines is 1. The van der Waals surface area contributed by atoms with Gasteiger partial charge in [-0.3, -0.25) is 19.2 Å². The highest BCUT2D eigenvalue weighted by Crippen LogP contribution is 2.19. The number of unbranched alkanes of at least 4 members (excludes halogenated alkanes) is 1. The van der Waals surface area contributed by atoms with E-state index in [0.717, 1.165) is 43.7 Å². The second-order valence-corrected chi connectivity index (χ2v) is 8.71. The summed E-state index contributed by atoms with van der Waals surface area (Å²) in [6.07, 6.45) is 3.26. The molecule has 0 aliphatic carbocycles. The minimum absolute atomic E-state index is 0.154. The van der Waals surface area contributed by atoms with E-state index < -0.39 is 5.69 Å². The summed E-state index contributed by atoms with van der Waals surface area (Å²) in [6, 6.07) is 9.77. The number of benzene rings is 1. The van der Waals surface area contributed by atoms with Gasteiger partial charge in [-0.15, -0.1) is 0 Å². The van der Waals surface area contributed by atoms with Gasteiger partial charge >= 0.3 is 5.69 Å². The Labute approximate surface area is 187 Å². The molecule has 0 bridgehead atoms. The van der Waals surface area contributed by atoms with Gasteiger partial charge in [-0.2, -0.15) is 0 Å². The van der Waals surface area contributed by atoms with Crippen LogP contribution in [0.3, 0.4) is 0 Å². The van der Waals surface area contributed by atoms with E-state index in [1.54, 1.807) is 4.57 Å². The van der Waals surface area contributed by atoms with E-state index in [-0.39, 0.29) is 17.8 Å². The lowest BCUT2D eigenvalue weighted by molar-refractivity contribution is -0.0808. The molecule has 0 amide bonds. The summed E-state index contributed by atoms with van der Waals surface area (Å²) in [5.41, 5.74) is 1.13. The van der Waals surface area contributed by atoms with Gasteiger partial charge in [0.1, 0.15) is 5.82 Å². The lowest BCUT2D eigenvalue weighted by Gasteiger charge is -2.36. The zero-order valence-electron chi connectivity index (χ0n) is 19.2. The first-order valence-corrected chi connectivity index (χ1v) is 11.6. The van der Waals surface area contributed by atoms with Crippen LogP contribution in [0.2, 0.25) is 0 Å². The summed E-state index contributed by atoms with van der Waals surface area (Å²) in [5.74, 6) is 0.829. The summed E-state index contributed by atoms with van der Waals surface area (Å²) < 4.78 is 9.60. The van der Waals surface area contributed by atoms with Gasteiger partial charge in [0, 0.05) is 19.6 Å². The lowest BCUT2D eigenvalue weighted by atomic mass is 10.2. The van der Waals surface area contributed by atoms with Crippen LogP contribution >= 0.6 is 0 Å². The summed E-state index contributed by atoms with van der Waals surface area (Å²) >= 11 is 0. The first kappa shape index (κ1) is 22.5. The van der Waals surface area contributed by atoms with Crippen molar-refractivity contribution in [3.63, 3.8) is 0 Å². The minimum Gasteiger partial charge on any atom is -0.373 e. The first-order chi connectivity index (χ1) is 15.5. The Morgan fingerprint density at radius 3 is 2.59 bits per heavy atom. The highest BCUT2D eigenvalue weighted by molar-refractivity contribution is 5.71. The third kappa shape index (κ3) is 4.71. The Balaban J connectivity index is 1.78. The van der Waals surface area contributed by atoms with Gasteiger partial charge in [0.15, 0.2) is 11.2 Å². The lowest BCUT2D eigenvalue weighted by Crippen LogP contribution is -2.46. The second-order valence-electron chi connectivity index (χ2n) is 8.71. The zero-order valence-corrected chi connectivity index (χ0v) is 19.2. The van der Waals surface area contributed by atoms with E-state index in [9.17, 15) is 9.59 Å². The number of aryl methyl sites for hydroxylation is 1. The molecule has 2 aromatic heterocycles. The van der Waals surface area contributed by atoms with Crippen LogP contribution in [-0.4, -0.2) is 49.3 Å². The highest BCUT2D eigenvalue weighted by Gasteiger charge is 2.26. The van der Waals surface area contributed by atoms with Gasteiger partial charge in [0.25, 0.3) is 5.56 Å². The molecule has 1 aliphatic heterocycles. The van der Waals surface area contributed by atoms with Crippen molar-refractivity contribution in [3.05, 3.63) is 62.6 Å². The Morgan fingerprint density at radius 2 is 1.88 bits per heavy atom. The van der Waals surface area contributed by atoms with Crippen LogP contribution in [0.4, 0.5) is 0 Å². The standard InChI is InChI=1S/C24H33N5O3/c1-4-6-12-28-20(16-27-13-17(3)32-19(5-2)15-27)25-22-21(28)23(30)26-24(31)29(22)14-18-10-8-7-9-11-18/h7-11,17,19H,4-6,12-16H2,1-3H3,(H,26,30,31). The Morgan fingerprint density at radius 1 is 1.09 bits per heavy atom. The van der Waals surface area contributed by atoms with Crippen molar-refractivity contribution in [2.45, 2.75) is 71.9 Å². The Bertz CT molecular complexity index is 1160. The van der Waals surface area contributed by atoms with Crippen LogP contribution in [0.5, 0.6) is 0 Å². The molecule has 0 saturated carbocycles. The quantitative estimate of drug-likeness (QED) is 0.583. The first-order valence-electron chi connectivity index (χ1n) is 11.6. The molecule has 32 heavy (non-hydrogen) atoms. The number of nitrogens with one attached hydrogen (secondary N) is 1. The molecule has 0 radical (unpaired) electrons. The molecular formula is C24H33N5O3. The molecule has 2 unspecified atom stereocenters. The van der Waals surface area contributed by atoms with E-state index in [2.05, 4.69) is 30.7 Å². The third-order valence-electron chi connectivity index (χ3n) is 6.11. The van der Waals surface area contributed by atoms with Crippen molar-refractivity contribution in [2.75, 3.05) is 13.1 Å². The monoisotopic (exact) mass is 439 g/mol. The summed E-state index contributed by atoms with van der Waals surface area (Å²) in [7, 11) is 0. The number of hydrogen-bond acceptors (Lipinski definition) is 5. The van der Waals surface area contributed by atoms with Gasteiger partial charge in [-0.1, -0.05) is 50.6 Å². The predicted molar refractivity (Wildman–Crippen MR) is 125 cm³/mol. The number of hydrogen-bond donors (Lipinski definition) is 1. The summed E-state index contributed by atoms with van der Waals surface area (Å²) in [6.45, 7) is 9.71. The van der Waals surface area contributed by atoms with Crippen LogP contribution in [0.25, 0.3) is 11.2 Å². The van der Waals surface area contributed by atoms with E-state index >= 15 is 0 Å². The fraction of sp³-hybridized carbons (Fsp3) is 0.542. The molecule has 1 aromatic carbocycles. The number of morpholine rings is 1. The van der Waals surface area contributed by atoms with Gasteiger partial charge < -0.3 is 9.30 Å². The molecule has 2 atom stereocenters. The topological polar surface area (TPSA) is 85.2 Å². The smallest absolute Gasteiger partial charge is 0.330 e. The van der Waals surface area contributed by atoms with Crippen molar-refractivity contribution in [2.24, 2.45) is 0 Å². The average molecular weight is 440 g/mol. The molecule has 3 aromatic rings. The van der Waals surface area contributed by atoms with Gasteiger partial charge in [-0.05, 0) is 25.3 Å². The van der Waals surface area contributed by atoms with Crippen LogP contribution < -0.4 is 11.2 Å². The molecular weight excluding hydrogens is 406 g/mol. The minimum atomic E-state index is -0.427. The van der Waals surface area contributed by atoms with Crippen molar-refractivity contribution < 1.29 is 4.74 Å². The number of fused-ring (bicyclic) bond motifs is 1. The van der Waals surface area contributed by atoms with E-state index in [0.29, 0.717) is 30.8 Å². The molecule has 4 rings (SSSR count). The average Bonchev–Trinajstić information content (AvgIpc) is 3.13. The highest BCUT2D eigenvalue weighted by atomic mass is 16.5. The SMILES string of the molecule is CCCCn1c(CN2CC(C)OC(CC)C2)nc2c1c(=O)[nH]c(=O)n2Cc1ccccc1. The largest absolute Gasteiger partial charge is 0.373 e. The maximum atomic E-state index is 12.9. The van der Waals surface area contributed by atoms with E-state index in [4.69, 9.17) is 9.72 Å². The molecule has 1 N–H and O–H groups in total. The molecule has 8 nitrogen and oxygen atoms in total.